The van der Waals surface area contributed by atoms with Gasteiger partial charge in [-0.05, 0) is 47.7 Å². The van der Waals surface area contributed by atoms with Gasteiger partial charge in [-0.3, -0.25) is 4.79 Å². The van der Waals surface area contributed by atoms with Crippen LogP contribution >= 0.6 is 0 Å². The molecule has 2 N–H and O–H groups in total. The van der Waals surface area contributed by atoms with Gasteiger partial charge in [-0.15, -0.1) is 0 Å². The molecule has 6 nitrogen and oxygen atoms in total. The third kappa shape index (κ3) is 4.03. The molecule has 0 radical (unpaired) electrons. The van der Waals surface area contributed by atoms with Crippen molar-refractivity contribution >= 4 is 16.9 Å². The molecule has 0 unspecified atom stereocenters. The fraction of sp³-hybridized carbons (Fsp3) is 0.304. The van der Waals surface area contributed by atoms with Crippen LogP contribution < -0.4 is 21.0 Å². The maximum Gasteiger partial charge on any atom is 0.339 e. The summed E-state index contributed by atoms with van der Waals surface area (Å²) in [7, 11) is 1.57. The summed E-state index contributed by atoms with van der Waals surface area (Å²) in [5.41, 5.74) is 5.16. The number of amides is 1. The van der Waals surface area contributed by atoms with Gasteiger partial charge in [-0.25, -0.2) is 4.79 Å². The predicted octanol–water partition coefficient (Wildman–Crippen LogP) is 2.96. The topological polar surface area (TPSA) is 80.6 Å². The van der Waals surface area contributed by atoms with Gasteiger partial charge in [0.1, 0.15) is 11.3 Å². The molecule has 0 saturated carbocycles. The van der Waals surface area contributed by atoms with Gasteiger partial charge < -0.3 is 19.8 Å². The van der Waals surface area contributed by atoms with E-state index in [0.29, 0.717) is 29.9 Å². The fourth-order valence-electron chi connectivity index (χ4n) is 3.78. The highest BCUT2D eigenvalue weighted by Gasteiger charge is 2.14. The number of benzene rings is 2. The van der Waals surface area contributed by atoms with Gasteiger partial charge in [0.05, 0.1) is 7.11 Å². The van der Waals surface area contributed by atoms with Gasteiger partial charge in [-0.1, -0.05) is 18.2 Å². The Balaban J connectivity index is 1.41. The molecule has 1 aliphatic rings. The van der Waals surface area contributed by atoms with Crippen molar-refractivity contribution in [2.75, 3.05) is 7.11 Å². The molecule has 4 rings (SSSR count). The number of ether oxygens (including phenoxy) is 1. The van der Waals surface area contributed by atoms with Crippen molar-refractivity contribution in [3.05, 3.63) is 74.6 Å². The Labute approximate surface area is 168 Å². The smallest absolute Gasteiger partial charge is 0.339 e. The monoisotopic (exact) mass is 392 g/mol. The minimum absolute atomic E-state index is 0.0859. The van der Waals surface area contributed by atoms with Gasteiger partial charge in [0.15, 0.2) is 0 Å². The zero-order valence-corrected chi connectivity index (χ0v) is 16.6. The van der Waals surface area contributed by atoms with Crippen LogP contribution in [0.1, 0.15) is 34.2 Å². The van der Waals surface area contributed by atoms with Crippen molar-refractivity contribution in [2.45, 2.75) is 39.4 Å². The minimum atomic E-state index is -0.401. The Kier molecular flexibility index (Phi) is 5.36. The molecule has 1 aliphatic heterocycles. The highest BCUT2D eigenvalue weighted by Crippen LogP contribution is 2.24. The first-order chi connectivity index (χ1) is 14.0. The summed E-state index contributed by atoms with van der Waals surface area (Å²) in [5.74, 6) is 0.548. The number of fused-ring (bicyclic) bond motifs is 2. The lowest BCUT2D eigenvalue weighted by atomic mass is 10.0. The van der Waals surface area contributed by atoms with E-state index in [-0.39, 0.29) is 12.3 Å². The van der Waals surface area contributed by atoms with Crippen molar-refractivity contribution in [3.8, 4) is 5.75 Å². The fourth-order valence-corrected chi connectivity index (χ4v) is 3.78. The lowest BCUT2D eigenvalue weighted by Crippen LogP contribution is -2.24. The summed E-state index contributed by atoms with van der Waals surface area (Å²) < 4.78 is 10.6. The van der Waals surface area contributed by atoms with Crippen molar-refractivity contribution in [1.82, 2.24) is 10.6 Å². The maximum atomic E-state index is 12.4. The van der Waals surface area contributed by atoms with E-state index in [9.17, 15) is 9.59 Å². The van der Waals surface area contributed by atoms with Gasteiger partial charge >= 0.3 is 5.63 Å². The van der Waals surface area contributed by atoms with Crippen molar-refractivity contribution in [2.24, 2.45) is 0 Å². The SMILES string of the molecule is COc1ccc2c(C)c(CCC(=O)NCc3ccc4c(c3)CNC4)c(=O)oc2c1. The number of nitrogens with one attached hydrogen (secondary N) is 2. The van der Waals surface area contributed by atoms with E-state index in [1.807, 2.05) is 25.1 Å². The summed E-state index contributed by atoms with van der Waals surface area (Å²) in [6, 6.07) is 11.7. The first kappa shape index (κ1) is 19.2. The predicted molar refractivity (Wildman–Crippen MR) is 111 cm³/mol. The first-order valence-corrected chi connectivity index (χ1v) is 9.73. The average molecular weight is 392 g/mol. The summed E-state index contributed by atoms with van der Waals surface area (Å²) >= 11 is 0. The number of carbonyl (C=O) groups is 1. The zero-order chi connectivity index (χ0) is 20.4. The molecule has 0 aliphatic carbocycles. The molecule has 6 heteroatoms. The number of rotatable bonds is 6. The lowest BCUT2D eigenvalue weighted by molar-refractivity contribution is -0.121. The van der Waals surface area contributed by atoms with Gasteiger partial charge in [0, 0.05) is 43.1 Å². The molecule has 0 saturated heterocycles. The van der Waals surface area contributed by atoms with Crippen LogP contribution in [0.15, 0.2) is 45.6 Å². The van der Waals surface area contributed by atoms with E-state index < -0.39 is 5.63 Å². The Morgan fingerprint density at radius 1 is 1.17 bits per heavy atom. The van der Waals surface area contributed by atoms with Crippen molar-refractivity contribution in [3.63, 3.8) is 0 Å². The molecule has 0 fully saturated rings. The Bertz CT molecular complexity index is 1130. The van der Waals surface area contributed by atoms with Crippen LogP contribution in [0.5, 0.6) is 5.75 Å². The van der Waals surface area contributed by atoms with Gasteiger partial charge in [0.25, 0.3) is 0 Å². The minimum Gasteiger partial charge on any atom is -0.497 e. The van der Waals surface area contributed by atoms with Crippen LogP contribution in [-0.4, -0.2) is 13.0 Å². The molecule has 1 amide bonds. The summed E-state index contributed by atoms with van der Waals surface area (Å²) in [6.45, 7) is 4.15. The summed E-state index contributed by atoms with van der Waals surface area (Å²) in [6.07, 6.45) is 0.579. The second-order valence-corrected chi connectivity index (χ2v) is 7.34. The van der Waals surface area contributed by atoms with Crippen LogP contribution in [0.2, 0.25) is 0 Å². The third-order valence-electron chi connectivity index (χ3n) is 5.49. The Hall–Kier alpha value is -3.12. The molecule has 0 bridgehead atoms. The number of carbonyl (C=O) groups excluding carboxylic acids is 1. The first-order valence-electron chi connectivity index (χ1n) is 9.73. The van der Waals surface area contributed by atoms with E-state index in [1.54, 1.807) is 13.2 Å². The van der Waals surface area contributed by atoms with E-state index in [0.717, 1.165) is 29.6 Å². The zero-order valence-electron chi connectivity index (χ0n) is 16.6. The molecule has 29 heavy (non-hydrogen) atoms. The molecule has 150 valence electrons. The lowest BCUT2D eigenvalue weighted by Gasteiger charge is -2.10. The van der Waals surface area contributed by atoms with E-state index >= 15 is 0 Å². The highest BCUT2D eigenvalue weighted by atomic mass is 16.5. The molecule has 2 aromatic carbocycles. The molecule has 2 heterocycles. The third-order valence-corrected chi connectivity index (χ3v) is 5.49. The normalized spacial score (nSPS) is 12.8. The largest absolute Gasteiger partial charge is 0.497 e. The van der Waals surface area contributed by atoms with Crippen molar-refractivity contribution < 1.29 is 13.9 Å². The standard InChI is InChI=1S/C23H24N2O4/c1-14-19-6-5-18(28-2)10-21(19)29-23(27)20(14)7-8-22(26)25-11-15-3-4-16-12-24-13-17(16)9-15/h3-6,9-10,24H,7-8,11-13H2,1-2H3,(H,25,26). The highest BCUT2D eigenvalue weighted by molar-refractivity contribution is 5.82. The van der Waals surface area contributed by atoms with E-state index in [1.165, 1.54) is 11.1 Å². The van der Waals surface area contributed by atoms with E-state index in [2.05, 4.69) is 22.8 Å². The van der Waals surface area contributed by atoms with Crippen LogP contribution in [-0.2, 0) is 30.8 Å². The summed E-state index contributed by atoms with van der Waals surface area (Å²) in [5, 5.41) is 7.11. The quantitative estimate of drug-likeness (QED) is 0.631. The molecular formula is C23H24N2O4. The van der Waals surface area contributed by atoms with E-state index in [4.69, 9.17) is 9.15 Å². The van der Waals surface area contributed by atoms with Crippen LogP contribution in [0.3, 0.4) is 0 Å². The molecule has 1 aromatic heterocycles. The van der Waals surface area contributed by atoms with Crippen LogP contribution in [0.25, 0.3) is 11.0 Å². The van der Waals surface area contributed by atoms with Crippen molar-refractivity contribution in [1.29, 1.82) is 0 Å². The Morgan fingerprint density at radius 3 is 2.83 bits per heavy atom. The van der Waals surface area contributed by atoms with Gasteiger partial charge in [-0.2, -0.15) is 0 Å². The summed E-state index contributed by atoms with van der Waals surface area (Å²) in [4.78, 5) is 24.7. The number of aryl methyl sites for hydroxylation is 1. The number of hydrogen-bond donors (Lipinski definition) is 2. The number of methoxy groups -OCH3 is 1. The molecular weight excluding hydrogens is 368 g/mol. The molecule has 3 aromatic rings. The molecule has 0 atom stereocenters. The van der Waals surface area contributed by atoms with Crippen LogP contribution in [0.4, 0.5) is 0 Å². The molecule has 0 spiro atoms. The Morgan fingerprint density at radius 2 is 2.00 bits per heavy atom. The average Bonchev–Trinajstić information content (AvgIpc) is 3.19. The number of hydrogen-bond acceptors (Lipinski definition) is 5. The maximum absolute atomic E-state index is 12.4. The second kappa shape index (κ2) is 8.09. The van der Waals surface area contributed by atoms with Gasteiger partial charge in [0.2, 0.25) is 5.91 Å². The second-order valence-electron chi connectivity index (χ2n) is 7.34. The van der Waals surface area contributed by atoms with Crippen LogP contribution in [0, 0.1) is 6.92 Å².